The number of carbonyl (C=O) groups is 3. The Morgan fingerprint density at radius 1 is 1.12 bits per heavy atom. The van der Waals surface area contributed by atoms with E-state index in [1.807, 2.05) is 39.8 Å². The summed E-state index contributed by atoms with van der Waals surface area (Å²) in [7, 11) is 1.54. The van der Waals surface area contributed by atoms with Gasteiger partial charge in [-0.15, -0.1) is 0 Å². The number of carbonyl (C=O) groups excluding carboxylic acids is 2. The van der Waals surface area contributed by atoms with E-state index in [0.717, 1.165) is 16.7 Å². The minimum absolute atomic E-state index is 0.0244. The van der Waals surface area contributed by atoms with Gasteiger partial charge in [-0.2, -0.15) is 5.26 Å². The second kappa shape index (κ2) is 14.7. The number of Topliss-reactive ketones (excluding diaryl/α,β-unsaturated/α-hetero) is 1. The van der Waals surface area contributed by atoms with Crippen molar-refractivity contribution in [2.24, 2.45) is 0 Å². The van der Waals surface area contributed by atoms with Crippen LogP contribution in [-0.4, -0.2) is 60.3 Å². The summed E-state index contributed by atoms with van der Waals surface area (Å²) in [5, 5.41) is 29.5. The molecule has 0 aromatic heterocycles. The zero-order valence-electron chi connectivity index (χ0n) is 25.8. The first kappa shape index (κ1) is 33.1. The van der Waals surface area contributed by atoms with Gasteiger partial charge in [-0.25, -0.2) is 0 Å². The summed E-state index contributed by atoms with van der Waals surface area (Å²) in [5.74, 6) is -0.0132. The number of fused-ring (bicyclic) bond motifs is 1. The molecule has 0 unspecified atom stereocenters. The average Bonchev–Trinajstić information content (AvgIpc) is 3.25. The molecule has 1 amide bonds. The zero-order chi connectivity index (χ0) is 31.7. The molecule has 1 aliphatic rings. The van der Waals surface area contributed by atoms with E-state index in [0.29, 0.717) is 80.1 Å². The van der Waals surface area contributed by atoms with E-state index < -0.39 is 5.97 Å². The van der Waals surface area contributed by atoms with Crippen molar-refractivity contribution in [3.8, 4) is 17.6 Å². The summed E-state index contributed by atoms with van der Waals surface area (Å²) in [6.07, 6.45) is 2.68. The van der Waals surface area contributed by atoms with Gasteiger partial charge in [-0.1, -0.05) is 20.8 Å². The Kier molecular flexibility index (Phi) is 11.3. The highest BCUT2D eigenvalue weighted by Crippen LogP contribution is 2.37. The number of hydrogen-bond acceptors (Lipinski definition) is 7. The summed E-state index contributed by atoms with van der Waals surface area (Å²) < 4.78 is 11.9. The van der Waals surface area contributed by atoms with Gasteiger partial charge in [0.15, 0.2) is 5.78 Å². The smallest absolute Gasteiger partial charge is 0.303 e. The van der Waals surface area contributed by atoms with Crippen LogP contribution in [0.5, 0.6) is 11.5 Å². The Morgan fingerprint density at radius 3 is 2.49 bits per heavy atom. The molecule has 2 aromatic rings. The van der Waals surface area contributed by atoms with Crippen LogP contribution in [0.2, 0.25) is 0 Å². The molecule has 0 radical (unpaired) electrons. The molecule has 43 heavy (non-hydrogen) atoms. The second-order valence-electron chi connectivity index (χ2n) is 11.6. The maximum absolute atomic E-state index is 13.7. The SMILES string of the molecule is CCOc1cc2c(cc1C(=O)NC)C(=N)N(CC(=O)c1cc(CCCC#N)c(OCCCCC(=O)O)c(C(C)(C)C)c1)C2. The highest BCUT2D eigenvalue weighted by molar-refractivity contribution is 6.07. The van der Waals surface area contributed by atoms with Crippen molar-refractivity contribution in [1.29, 1.82) is 10.7 Å². The van der Waals surface area contributed by atoms with Crippen LogP contribution in [0.1, 0.15) is 103 Å². The molecule has 0 saturated heterocycles. The predicted octanol–water partition coefficient (Wildman–Crippen LogP) is 5.25. The Bertz CT molecular complexity index is 1420. The van der Waals surface area contributed by atoms with E-state index in [-0.39, 0.29) is 35.9 Å². The van der Waals surface area contributed by atoms with Gasteiger partial charge in [-0.05, 0) is 73.4 Å². The lowest BCUT2D eigenvalue weighted by molar-refractivity contribution is -0.137. The third-order valence-electron chi connectivity index (χ3n) is 7.31. The third kappa shape index (κ3) is 8.34. The fourth-order valence-electron chi connectivity index (χ4n) is 5.09. The van der Waals surface area contributed by atoms with Crippen molar-refractivity contribution in [3.05, 3.63) is 57.6 Å². The highest BCUT2D eigenvalue weighted by atomic mass is 16.5. The number of aryl methyl sites for hydroxylation is 1. The molecule has 2 aromatic carbocycles. The number of nitriles is 1. The number of rotatable bonds is 15. The third-order valence-corrected chi connectivity index (χ3v) is 7.31. The minimum atomic E-state index is -0.841. The maximum Gasteiger partial charge on any atom is 0.303 e. The fourth-order valence-corrected chi connectivity index (χ4v) is 5.09. The molecule has 3 N–H and O–H groups in total. The lowest BCUT2D eigenvalue weighted by Gasteiger charge is -2.26. The Balaban J connectivity index is 1.90. The van der Waals surface area contributed by atoms with E-state index in [1.165, 1.54) is 7.05 Å². The molecular weight excluding hydrogens is 548 g/mol. The number of carboxylic acid groups (broad SMARTS) is 1. The molecule has 0 saturated carbocycles. The summed E-state index contributed by atoms with van der Waals surface area (Å²) >= 11 is 0. The van der Waals surface area contributed by atoms with Gasteiger partial charge in [0.2, 0.25) is 0 Å². The zero-order valence-corrected chi connectivity index (χ0v) is 25.8. The van der Waals surface area contributed by atoms with Crippen LogP contribution in [0.4, 0.5) is 0 Å². The maximum atomic E-state index is 13.7. The molecule has 0 spiro atoms. The first-order chi connectivity index (χ1) is 20.4. The molecule has 0 atom stereocenters. The predicted molar refractivity (Wildman–Crippen MR) is 163 cm³/mol. The number of ether oxygens (including phenoxy) is 2. The monoisotopic (exact) mass is 590 g/mol. The van der Waals surface area contributed by atoms with Crippen LogP contribution in [-0.2, 0) is 23.2 Å². The standard InChI is InChI=1S/C33H42N4O6/c1-6-42-28-17-23-19-37(31(35)24(23)18-25(28)32(41)36-5)20-27(38)22-15-21(11-7-9-13-34)30(26(16-22)33(2,3)4)43-14-10-8-12-29(39)40/h15-18,35H,6-12,14,19-20H2,1-5H3,(H,36,41)(H,39,40). The number of amides is 1. The molecule has 1 aliphatic heterocycles. The Labute approximate surface area is 253 Å². The number of aliphatic carboxylic acids is 1. The number of nitrogens with one attached hydrogen (secondary N) is 2. The van der Waals surface area contributed by atoms with Crippen LogP contribution in [0, 0.1) is 16.7 Å². The molecule has 10 nitrogen and oxygen atoms in total. The van der Waals surface area contributed by atoms with E-state index in [4.69, 9.17) is 25.3 Å². The summed E-state index contributed by atoms with van der Waals surface area (Å²) in [6, 6.07) is 9.28. The molecule has 1 heterocycles. The van der Waals surface area contributed by atoms with Crippen LogP contribution in [0.15, 0.2) is 24.3 Å². The highest BCUT2D eigenvalue weighted by Gasteiger charge is 2.30. The number of unbranched alkanes of at least 4 members (excludes halogenated alkanes) is 2. The molecule has 0 aliphatic carbocycles. The van der Waals surface area contributed by atoms with E-state index in [1.54, 1.807) is 17.0 Å². The Morgan fingerprint density at radius 2 is 1.86 bits per heavy atom. The quantitative estimate of drug-likeness (QED) is 0.188. The van der Waals surface area contributed by atoms with Crippen molar-refractivity contribution in [3.63, 3.8) is 0 Å². The molecule has 3 rings (SSSR count). The van der Waals surface area contributed by atoms with E-state index >= 15 is 0 Å². The number of carboxylic acids is 1. The molecule has 230 valence electrons. The summed E-state index contributed by atoms with van der Waals surface area (Å²) in [6.45, 7) is 9.01. The molecule has 0 fully saturated rings. The van der Waals surface area contributed by atoms with Gasteiger partial charge >= 0.3 is 5.97 Å². The number of hydrogen-bond donors (Lipinski definition) is 3. The van der Waals surface area contributed by atoms with Gasteiger partial charge in [0.1, 0.15) is 17.3 Å². The molecule has 0 bridgehead atoms. The van der Waals surface area contributed by atoms with Gasteiger partial charge < -0.3 is 24.8 Å². The minimum Gasteiger partial charge on any atom is -0.493 e. The van der Waals surface area contributed by atoms with Gasteiger partial charge in [-0.3, -0.25) is 19.8 Å². The normalized spacial score (nSPS) is 12.5. The lowest BCUT2D eigenvalue weighted by Crippen LogP contribution is -2.30. The van der Waals surface area contributed by atoms with Crippen molar-refractivity contribution < 1.29 is 29.0 Å². The van der Waals surface area contributed by atoms with E-state index in [9.17, 15) is 14.4 Å². The second-order valence-corrected chi connectivity index (χ2v) is 11.6. The van der Waals surface area contributed by atoms with Gasteiger partial charge in [0, 0.05) is 43.1 Å². The number of ketones is 1. The van der Waals surface area contributed by atoms with Crippen LogP contribution in [0.25, 0.3) is 0 Å². The number of nitrogens with zero attached hydrogens (tertiary/aromatic N) is 2. The molecular formula is C33H42N4O6. The van der Waals surface area contributed by atoms with Gasteiger partial charge in [0.25, 0.3) is 5.91 Å². The van der Waals surface area contributed by atoms with Crippen molar-refractivity contribution in [2.45, 2.75) is 78.2 Å². The van der Waals surface area contributed by atoms with Crippen molar-refractivity contribution >= 4 is 23.5 Å². The number of amidine groups is 1. The topological polar surface area (TPSA) is 153 Å². The Hall–Kier alpha value is -4.39. The average molecular weight is 591 g/mol. The first-order valence-electron chi connectivity index (χ1n) is 14.7. The molecule has 10 heteroatoms. The van der Waals surface area contributed by atoms with Crippen LogP contribution in [0.3, 0.4) is 0 Å². The number of benzene rings is 2. The van der Waals surface area contributed by atoms with Crippen LogP contribution < -0.4 is 14.8 Å². The largest absolute Gasteiger partial charge is 0.493 e. The summed E-state index contributed by atoms with van der Waals surface area (Å²) in [5.41, 5.74) is 3.58. The fraction of sp³-hybridized carbons (Fsp3) is 0.485. The van der Waals surface area contributed by atoms with Crippen LogP contribution >= 0.6 is 0 Å². The van der Waals surface area contributed by atoms with Crippen molar-refractivity contribution in [2.75, 3.05) is 26.8 Å². The van der Waals surface area contributed by atoms with E-state index in [2.05, 4.69) is 11.4 Å². The van der Waals surface area contributed by atoms with Gasteiger partial charge in [0.05, 0.1) is 31.4 Å². The summed E-state index contributed by atoms with van der Waals surface area (Å²) in [4.78, 5) is 38.8. The van der Waals surface area contributed by atoms with Crippen molar-refractivity contribution in [1.82, 2.24) is 10.2 Å². The first-order valence-corrected chi connectivity index (χ1v) is 14.7. The lowest BCUT2D eigenvalue weighted by atomic mass is 9.82.